The van der Waals surface area contributed by atoms with Gasteiger partial charge in [-0.25, -0.2) is 0 Å². The Balaban J connectivity index is 1.48. The molecular weight excluding hydrogens is 266 g/mol. The second-order valence-corrected chi connectivity index (χ2v) is 5.79. The van der Waals surface area contributed by atoms with Crippen LogP contribution in [0.3, 0.4) is 0 Å². The molecule has 2 aromatic heterocycles. The Morgan fingerprint density at radius 1 is 1.10 bits per heavy atom. The standard InChI is InChI=1S/C15H15N5O/c1-2-4-12-11(3-1)16-15(21-12)19-7-8-20-13(9-19)17-18-14(20)10-5-6-10/h1-4,10H,5-9H2. The van der Waals surface area contributed by atoms with Crippen LogP contribution in [-0.4, -0.2) is 26.3 Å². The van der Waals surface area contributed by atoms with E-state index in [2.05, 4.69) is 24.6 Å². The van der Waals surface area contributed by atoms with Crippen LogP contribution in [0.2, 0.25) is 0 Å². The van der Waals surface area contributed by atoms with Crippen LogP contribution in [0.1, 0.15) is 30.4 Å². The van der Waals surface area contributed by atoms with Crippen LogP contribution >= 0.6 is 0 Å². The minimum absolute atomic E-state index is 0.641. The molecule has 21 heavy (non-hydrogen) atoms. The Hall–Kier alpha value is -2.37. The van der Waals surface area contributed by atoms with E-state index >= 15 is 0 Å². The highest BCUT2D eigenvalue weighted by Crippen LogP contribution is 2.39. The molecule has 1 aliphatic carbocycles. The summed E-state index contributed by atoms with van der Waals surface area (Å²) in [4.78, 5) is 6.70. The number of hydrogen-bond acceptors (Lipinski definition) is 5. The van der Waals surface area contributed by atoms with E-state index in [1.807, 2.05) is 24.3 Å². The van der Waals surface area contributed by atoms with E-state index in [0.29, 0.717) is 18.5 Å². The van der Waals surface area contributed by atoms with E-state index < -0.39 is 0 Å². The molecule has 0 amide bonds. The van der Waals surface area contributed by atoms with Crippen LogP contribution < -0.4 is 4.90 Å². The quantitative estimate of drug-likeness (QED) is 0.721. The lowest BCUT2D eigenvalue weighted by molar-refractivity contribution is 0.492. The molecule has 2 aliphatic rings. The summed E-state index contributed by atoms with van der Waals surface area (Å²) in [5.41, 5.74) is 1.73. The van der Waals surface area contributed by atoms with Gasteiger partial charge in [0.25, 0.3) is 6.01 Å². The zero-order chi connectivity index (χ0) is 13.8. The minimum Gasteiger partial charge on any atom is -0.423 e. The minimum atomic E-state index is 0.641. The molecule has 6 nitrogen and oxygen atoms in total. The normalized spacial score (nSPS) is 18.2. The highest BCUT2D eigenvalue weighted by atomic mass is 16.4. The fraction of sp³-hybridized carbons (Fsp3) is 0.400. The van der Waals surface area contributed by atoms with Gasteiger partial charge in [0.05, 0.1) is 6.54 Å². The monoisotopic (exact) mass is 281 g/mol. The van der Waals surface area contributed by atoms with Gasteiger partial charge >= 0.3 is 0 Å². The first-order valence-electron chi connectivity index (χ1n) is 7.41. The van der Waals surface area contributed by atoms with E-state index in [1.54, 1.807) is 0 Å². The molecule has 1 saturated carbocycles. The average Bonchev–Trinajstić information content (AvgIpc) is 3.13. The van der Waals surface area contributed by atoms with Gasteiger partial charge in [-0.15, -0.1) is 10.2 Å². The lowest BCUT2D eigenvalue weighted by Crippen LogP contribution is -2.34. The van der Waals surface area contributed by atoms with E-state index in [4.69, 9.17) is 4.42 Å². The first kappa shape index (κ1) is 11.3. The molecule has 5 rings (SSSR count). The predicted octanol–water partition coefficient (Wildman–Crippen LogP) is 2.32. The zero-order valence-corrected chi connectivity index (χ0v) is 11.6. The summed E-state index contributed by atoms with van der Waals surface area (Å²) >= 11 is 0. The molecule has 0 N–H and O–H groups in total. The second-order valence-electron chi connectivity index (χ2n) is 5.79. The van der Waals surface area contributed by atoms with Gasteiger partial charge in [0.15, 0.2) is 11.4 Å². The van der Waals surface area contributed by atoms with Crippen LogP contribution in [0, 0.1) is 0 Å². The van der Waals surface area contributed by atoms with Crippen molar-refractivity contribution in [1.29, 1.82) is 0 Å². The first-order chi connectivity index (χ1) is 10.4. The number of nitrogens with zero attached hydrogens (tertiary/aromatic N) is 5. The van der Waals surface area contributed by atoms with Crippen LogP contribution in [0.5, 0.6) is 0 Å². The van der Waals surface area contributed by atoms with Crippen molar-refractivity contribution in [1.82, 2.24) is 19.7 Å². The van der Waals surface area contributed by atoms with Gasteiger partial charge in [-0.1, -0.05) is 12.1 Å². The van der Waals surface area contributed by atoms with Gasteiger partial charge in [-0.3, -0.25) is 0 Å². The van der Waals surface area contributed by atoms with E-state index in [9.17, 15) is 0 Å². The van der Waals surface area contributed by atoms with Crippen LogP contribution in [0.15, 0.2) is 28.7 Å². The van der Waals surface area contributed by atoms with Crippen molar-refractivity contribution < 1.29 is 4.42 Å². The average molecular weight is 281 g/mol. The molecular formula is C15H15N5O. The molecule has 1 aromatic carbocycles. The van der Waals surface area contributed by atoms with E-state index in [-0.39, 0.29) is 0 Å². The Kier molecular flexibility index (Phi) is 2.19. The second kappa shape index (κ2) is 4.07. The van der Waals surface area contributed by atoms with Gasteiger partial charge in [-0.2, -0.15) is 4.98 Å². The number of anilines is 1. The highest BCUT2D eigenvalue weighted by molar-refractivity contribution is 5.74. The lowest BCUT2D eigenvalue weighted by Gasteiger charge is -2.26. The molecule has 6 heteroatoms. The van der Waals surface area contributed by atoms with E-state index in [0.717, 1.165) is 30.0 Å². The fourth-order valence-electron chi connectivity index (χ4n) is 2.98. The number of oxazole rings is 1. The van der Waals surface area contributed by atoms with Crippen molar-refractivity contribution in [2.24, 2.45) is 0 Å². The summed E-state index contributed by atoms with van der Waals surface area (Å²) in [6, 6.07) is 8.54. The third-order valence-electron chi connectivity index (χ3n) is 4.28. The molecule has 0 saturated heterocycles. The summed E-state index contributed by atoms with van der Waals surface area (Å²) in [5, 5.41) is 8.72. The van der Waals surface area contributed by atoms with Gasteiger partial charge in [0, 0.05) is 19.0 Å². The Labute approximate surface area is 121 Å². The molecule has 1 fully saturated rings. The van der Waals surface area contributed by atoms with Crippen molar-refractivity contribution in [3.63, 3.8) is 0 Å². The Morgan fingerprint density at radius 2 is 2.00 bits per heavy atom. The Bertz CT molecular complexity index is 783. The third-order valence-corrected chi connectivity index (χ3v) is 4.28. The van der Waals surface area contributed by atoms with Crippen LogP contribution in [-0.2, 0) is 13.1 Å². The van der Waals surface area contributed by atoms with Crippen LogP contribution in [0.4, 0.5) is 6.01 Å². The van der Waals surface area contributed by atoms with Gasteiger partial charge in [-0.05, 0) is 25.0 Å². The maximum absolute atomic E-state index is 5.85. The van der Waals surface area contributed by atoms with Crippen molar-refractivity contribution in [2.45, 2.75) is 31.8 Å². The van der Waals surface area contributed by atoms with Crippen molar-refractivity contribution >= 4 is 17.1 Å². The molecule has 3 aromatic rings. The van der Waals surface area contributed by atoms with Crippen LogP contribution in [0.25, 0.3) is 11.1 Å². The number of fused-ring (bicyclic) bond motifs is 2. The number of rotatable bonds is 2. The Morgan fingerprint density at radius 3 is 2.86 bits per heavy atom. The number of benzene rings is 1. The summed E-state index contributed by atoms with van der Waals surface area (Å²) < 4.78 is 8.12. The fourth-order valence-corrected chi connectivity index (χ4v) is 2.98. The molecule has 0 atom stereocenters. The number of hydrogen-bond donors (Lipinski definition) is 0. The summed E-state index contributed by atoms with van der Waals surface area (Å²) in [6.45, 7) is 2.51. The molecule has 106 valence electrons. The van der Waals surface area contributed by atoms with Gasteiger partial charge < -0.3 is 13.9 Å². The van der Waals surface area contributed by atoms with Crippen molar-refractivity contribution in [2.75, 3.05) is 11.4 Å². The number of aromatic nitrogens is 4. The number of para-hydroxylation sites is 2. The lowest BCUT2D eigenvalue weighted by atomic mass is 10.3. The summed E-state index contributed by atoms with van der Waals surface area (Å²) in [5.74, 6) is 2.83. The third kappa shape index (κ3) is 1.75. The van der Waals surface area contributed by atoms with Crippen molar-refractivity contribution in [3.8, 4) is 0 Å². The molecule has 3 heterocycles. The molecule has 1 aliphatic heterocycles. The van der Waals surface area contributed by atoms with E-state index in [1.165, 1.54) is 18.7 Å². The SMILES string of the molecule is c1ccc2oc(N3CCn4c(nnc4C4CC4)C3)nc2c1. The molecule has 0 unspecified atom stereocenters. The summed E-state index contributed by atoms with van der Waals surface area (Å²) in [7, 11) is 0. The molecule has 0 spiro atoms. The largest absolute Gasteiger partial charge is 0.423 e. The molecule has 0 bridgehead atoms. The predicted molar refractivity (Wildman–Crippen MR) is 77.1 cm³/mol. The topological polar surface area (TPSA) is 60.0 Å². The van der Waals surface area contributed by atoms with Crippen molar-refractivity contribution in [3.05, 3.63) is 35.9 Å². The smallest absolute Gasteiger partial charge is 0.298 e. The molecule has 0 radical (unpaired) electrons. The maximum Gasteiger partial charge on any atom is 0.298 e. The zero-order valence-electron chi connectivity index (χ0n) is 11.6. The maximum atomic E-state index is 5.85. The summed E-state index contributed by atoms with van der Waals surface area (Å²) in [6.07, 6.45) is 2.51. The van der Waals surface area contributed by atoms with Gasteiger partial charge in [0.2, 0.25) is 0 Å². The van der Waals surface area contributed by atoms with Gasteiger partial charge in [0.1, 0.15) is 11.3 Å². The first-order valence-corrected chi connectivity index (χ1v) is 7.41. The highest BCUT2D eigenvalue weighted by Gasteiger charge is 2.32.